The molecule has 0 spiro atoms. The van der Waals surface area contributed by atoms with Crippen molar-refractivity contribution in [3.63, 3.8) is 0 Å². The van der Waals surface area contributed by atoms with E-state index in [-0.39, 0.29) is 10.8 Å². The highest BCUT2D eigenvalue weighted by atomic mass is 28.3. The van der Waals surface area contributed by atoms with Gasteiger partial charge in [-0.2, -0.15) is 0 Å². The van der Waals surface area contributed by atoms with Crippen LogP contribution in [0.15, 0.2) is 35.9 Å². The Morgan fingerprint density at radius 3 is 1.61 bits per heavy atom. The van der Waals surface area contributed by atoms with Crippen molar-refractivity contribution in [1.29, 1.82) is 0 Å². The SMILES string of the molecule is CC(C)(C)C1=Cc2c(ccc(C(C)(C)C)c2-c2cc([Si](C)(C)C)cc([Si](C)(C)C)c2)C1. The molecule has 0 nitrogen and oxygen atoms in total. The lowest BCUT2D eigenvalue weighted by atomic mass is 9.79. The Kier molecular flexibility index (Phi) is 5.94. The van der Waals surface area contributed by atoms with Crippen molar-refractivity contribution in [2.45, 2.75) is 92.7 Å². The molecule has 3 rings (SSSR count). The molecule has 1 aliphatic carbocycles. The van der Waals surface area contributed by atoms with Crippen molar-refractivity contribution < 1.29 is 0 Å². The van der Waals surface area contributed by atoms with E-state index in [4.69, 9.17) is 0 Å². The van der Waals surface area contributed by atoms with Crippen LogP contribution >= 0.6 is 0 Å². The van der Waals surface area contributed by atoms with Crippen molar-refractivity contribution in [1.82, 2.24) is 0 Å². The third-order valence-electron chi connectivity index (χ3n) is 6.76. The van der Waals surface area contributed by atoms with Gasteiger partial charge in [0.2, 0.25) is 0 Å². The van der Waals surface area contributed by atoms with Gasteiger partial charge in [0, 0.05) is 0 Å². The summed E-state index contributed by atoms with van der Waals surface area (Å²) >= 11 is 0. The van der Waals surface area contributed by atoms with E-state index in [1.807, 2.05) is 0 Å². The Hall–Kier alpha value is -1.39. The van der Waals surface area contributed by atoms with Crippen molar-refractivity contribution in [3.05, 3.63) is 52.6 Å². The minimum absolute atomic E-state index is 0.108. The van der Waals surface area contributed by atoms with Gasteiger partial charge in [0.25, 0.3) is 0 Å². The van der Waals surface area contributed by atoms with Gasteiger partial charge < -0.3 is 0 Å². The first-order valence-corrected chi connectivity index (χ1v) is 18.9. The molecular weight excluding hydrogens is 404 g/mol. The summed E-state index contributed by atoms with van der Waals surface area (Å²) in [6, 6.07) is 12.5. The largest absolute Gasteiger partial charge is 0.0776 e. The Balaban J connectivity index is 2.40. The number of benzene rings is 2. The van der Waals surface area contributed by atoms with E-state index in [0.29, 0.717) is 0 Å². The molecule has 0 saturated heterocycles. The topological polar surface area (TPSA) is 0 Å². The fraction of sp³-hybridized carbons (Fsp3) is 0.517. The molecular formula is C29H44Si2. The summed E-state index contributed by atoms with van der Waals surface area (Å²) in [7, 11) is -2.87. The lowest BCUT2D eigenvalue weighted by Gasteiger charge is -2.28. The van der Waals surface area contributed by atoms with Crippen LogP contribution in [0.4, 0.5) is 0 Å². The zero-order valence-corrected chi connectivity index (χ0v) is 24.2. The fourth-order valence-electron chi connectivity index (χ4n) is 4.47. The molecule has 0 aromatic heterocycles. The summed E-state index contributed by atoms with van der Waals surface area (Å²) in [5.41, 5.74) is 9.27. The quantitative estimate of drug-likeness (QED) is 0.421. The maximum absolute atomic E-state index is 2.55. The minimum atomic E-state index is -1.43. The highest BCUT2D eigenvalue weighted by molar-refractivity contribution is 6.91. The lowest BCUT2D eigenvalue weighted by Crippen LogP contribution is -2.45. The van der Waals surface area contributed by atoms with Crippen LogP contribution in [-0.4, -0.2) is 16.1 Å². The van der Waals surface area contributed by atoms with Gasteiger partial charge in [0.1, 0.15) is 0 Å². The van der Waals surface area contributed by atoms with E-state index in [2.05, 4.69) is 117 Å². The molecule has 0 N–H and O–H groups in total. The lowest BCUT2D eigenvalue weighted by molar-refractivity contribution is 0.498. The number of rotatable bonds is 3. The highest BCUT2D eigenvalue weighted by Crippen LogP contribution is 2.44. The van der Waals surface area contributed by atoms with Gasteiger partial charge in [0.05, 0.1) is 16.1 Å². The van der Waals surface area contributed by atoms with Crippen LogP contribution in [0.25, 0.3) is 17.2 Å². The van der Waals surface area contributed by atoms with Gasteiger partial charge >= 0.3 is 0 Å². The zero-order valence-electron chi connectivity index (χ0n) is 22.2. The second kappa shape index (κ2) is 7.59. The van der Waals surface area contributed by atoms with Gasteiger partial charge in [-0.05, 0) is 45.1 Å². The average molecular weight is 449 g/mol. The summed E-state index contributed by atoms with van der Waals surface area (Å²) in [5, 5.41) is 3.19. The van der Waals surface area contributed by atoms with E-state index >= 15 is 0 Å². The summed E-state index contributed by atoms with van der Waals surface area (Å²) in [6.45, 7) is 29.1. The molecule has 0 fully saturated rings. The molecule has 0 unspecified atom stereocenters. The van der Waals surface area contributed by atoms with E-state index < -0.39 is 16.1 Å². The molecule has 2 heteroatoms. The zero-order chi connectivity index (χ0) is 23.6. The van der Waals surface area contributed by atoms with Crippen LogP contribution in [0.3, 0.4) is 0 Å². The van der Waals surface area contributed by atoms with Crippen LogP contribution in [0.2, 0.25) is 39.3 Å². The smallest absolute Gasteiger partial charge is 0.0656 e. The summed E-state index contributed by atoms with van der Waals surface area (Å²) in [6.07, 6.45) is 3.61. The molecule has 2 aromatic carbocycles. The Morgan fingerprint density at radius 2 is 1.19 bits per heavy atom. The fourth-order valence-corrected chi connectivity index (χ4v) is 6.97. The maximum atomic E-state index is 2.55. The monoisotopic (exact) mass is 448 g/mol. The highest BCUT2D eigenvalue weighted by Gasteiger charge is 2.30. The van der Waals surface area contributed by atoms with Crippen LogP contribution in [0, 0.1) is 5.41 Å². The molecule has 2 aromatic rings. The van der Waals surface area contributed by atoms with Crippen molar-refractivity contribution in [3.8, 4) is 11.1 Å². The van der Waals surface area contributed by atoms with Gasteiger partial charge in [-0.1, -0.05) is 133 Å². The molecule has 0 bridgehead atoms. The second-order valence-electron chi connectivity index (χ2n) is 13.7. The van der Waals surface area contributed by atoms with Crippen LogP contribution in [0.1, 0.15) is 58.2 Å². The van der Waals surface area contributed by atoms with E-state index in [1.54, 1.807) is 15.9 Å². The maximum Gasteiger partial charge on any atom is 0.0776 e. The third-order valence-corrected chi connectivity index (χ3v) is 10.8. The molecule has 0 saturated carbocycles. The Bertz CT molecular complexity index is 994. The molecule has 31 heavy (non-hydrogen) atoms. The van der Waals surface area contributed by atoms with E-state index in [9.17, 15) is 0 Å². The summed E-state index contributed by atoms with van der Waals surface area (Å²) in [4.78, 5) is 0. The molecule has 0 amide bonds. The number of hydrogen-bond acceptors (Lipinski definition) is 0. The van der Waals surface area contributed by atoms with Gasteiger partial charge in [0.15, 0.2) is 0 Å². The van der Waals surface area contributed by atoms with Gasteiger partial charge in [-0.15, -0.1) is 0 Å². The second-order valence-corrected chi connectivity index (χ2v) is 23.9. The molecule has 0 radical (unpaired) electrons. The van der Waals surface area contributed by atoms with Crippen LogP contribution in [0.5, 0.6) is 0 Å². The first-order valence-electron chi connectivity index (χ1n) is 11.9. The first-order chi connectivity index (χ1) is 13.9. The van der Waals surface area contributed by atoms with Gasteiger partial charge in [-0.25, -0.2) is 0 Å². The van der Waals surface area contributed by atoms with E-state index in [1.165, 1.54) is 27.8 Å². The molecule has 0 aliphatic heterocycles. The standard InChI is InChI=1S/C29H44Si2/c1-28(2,3)22-15-20-13-14-26(29(4,5)6)27(25(20)18-22)21-16-23(30(7,8)9)19-24(17-21)31(10,11)12/h13-14,16-19H,15H2,1-12H3. The van der Waals surface area contributed by atoms with E-state index in [0.717, 1.165) is 6.42 Å². The molecule has 0 atom stereocenters. The predicted octanol–water partition coefficient (Wildman–Crippen LogP) is 7.73. The Labute approximate surface area is 194 Å². The number of allylic oxidation sites excluding steroid dienone is 1. The van der Waals surface area contributed by atoms with Gasteiger partial charge in [-0.3, -0.25) is 0 Å². The predicted molar refractivity (Wildman–Crippen MR) is 148 cm³/mol. The summed E-state index contributed by atoms with van der Waals surface area (Å²) < 4.78 is 0. The number of fused-ring (bicyclic) bond motifs is 1. The van der Waals surface area contributed by atoms with Crippen molar-refractivity contribution >= 4 is 32.6 Å². The van der Waals surface area contributed by atoms with Crippen LogP contribution < -0.4 is 10.4 Å². The summed E-state index contributed by atoms with van der Waals surface area (Å²) in [5.74, 6) is 0. The molecule has 1 aliphatic rings. The van der Waals surface area contributed by atoms with Crippen molar-refractivity contribution in [2.24, 2.45) is 5.41 Å². The normalized spacial score (nSPS) is 15.2. The molecule has 168 valence electrons. The average Bonchev–Trinajstić information content (AvgIpc) is 3.02. The van der Waals surface area contributed by atoms with Crippen LogP contribution in [-0.2, 0) is 11.8 Å². The van der Waals surface area contributed by atoms with Crippen molar-refractivity contribution in [2.75, 3.05) is 0 Å². The first kappa shape index (κ1) is 24.3. The number of hydrogen-bond donors (Lipinski definition) is 0. The Morgan fingerprint density at radius 1 is 0.677 bits per heavy atom. The molecule has 0 heterocycles. The minimum Gasteiger partial charge on any atom is -0.0656 e. The third kappa shape index (κ3) is 5.01.